The maximum atomic E-state index is 13.0. The van der Waals surface area contributed by atoms with E-state index >= 15 is 0 Å². The second-order valence-electron chi connectivity index (χ2n) is 9.06. The van der Waals surface area contributed by atoms with E-state index in [1.807, 2.05) is 24.3 Å². The maximum Gasteiger partial charge on any atom is 0.225 e. The number of likely N-dealkylation sites (tertiary alicyclic amines) is 1. The number of benzene rings is 2. The molecule has 2 aromatic rings. The van der Waals surface area contributed by atoms with Crippen LogP contribution in [0.4, 0.5) is 0 Å². The SMILES string of the molecule is COc1ccc(CCNC(=O)[C@@H]2CN(C)C[C@@H]2c2ccc(CNC(=O)C3CC3)cc2)cc1. The zero-order chi connectivity index (χ0) is 22.5. The van der Waals surface area contributed by atoms with Gasteiger partial charge in [-0.3, -0.25) is 9.59 Å². The summed E-state index contributed by atoms with van der Waals surface area (Å²) in [5, 5.41) is 6.15. The van der Waals surface area contributed by atoms with Gasteiger partial charge in [0.05, 0.1) is 13.0 Å². The number of carbonyl (C=O) groups excluding carboxylic acids is 2. The van der Waals surface area contributed by atoms with Crippen molar-refractivity contribution in [2.45, 2.75) is 31.7 Å². The molecule has 0 unspecified atom stereocenters. The molecule has 1 saturated carbocycles. The topological polar surface area (TPSA) is 70.7 Å². The van der Waals surface area contributed by atoms with Crippen LogP contribution in [0.2, 0.25) is 0 Å². The molecule has 1 aliphatic carbocycles. The molecule has 2 atom stereocenters. The molecule has 32 heavy (non-hydrogen) atoms. The molecular formula is C26H33N3O3. The van der Waals surface area contributed by atoms with E-state index in [1.54, 1.807) is 7.11 Å². The predicted octanol–water partition coefficient (Wildman–Crippen LogP) is 2.73. The lowest BCUT2D eigenvalue weighted by atomic mass is 9.88. The van der Waals surface area contributed by atoms with Crippen LogP contribution >= 0.6 is 0 Å². The molecule has 0 spiro atoms. The van der Waals surface area contributed by atoms with Gasteiger partial charge in [0.25, 0.3) is 0 Å². The van der Waals surface area contributed by atoms with E-state index < -0.39 is 0 Å². The highest BCUT2D eigenvalue weighted by atomic mass is 16.5. The smallest absolute Gasteiger partial charge is 0.225 e. The summed E-state index contributed by atoms with van der Waals surface area (Å²) >= 11 is 0. The molecule has 4 rings (SSSR count). The monoisotopic (exact) mass is 435 g/mol. The molecule has 2 fully saturated rings. The van der Waals surface area contributed by atoms with E-state index in [2.05, 4.69) is 46.8 Å². The van der Waals surface area contributed by atoms with Crippen molar-refractivity contribution < 1.29 is 14.3 Å². The first-order valence-electron chi connectivity index (χ1n) is 11.5. The Hall–Kier alpha value is -2.86. The minimum Gasteiger partial charge on any atom is -0.497 e. The normalized spacial score (nSPS) is 20.7. The van der Waals surface area contributed by atoms with Crippen molar-refractivity contribution in [2.24, 2.45) is 11.8 Å². The van der Waals surface area contributed by atoms with Crippen LogP contribution in [0, 0.1) is 11.8 Å². The maximum absolute atomic E-state index is 13.0. The fourth-order valence-electron chi connectivity index (χ4n) is 4.42. The lowest BCUT2D eigenvalue weighted by Gasteiger charge is -2.19. The minimum atomic E-state index is -0.0590. The van der Waals surface area contributed by atoms with Crippen LogP contribution in [0.3, 0.4) is 0 Å². The molecule has 170 valence electrons. The Morgan fingerprint density at radius 1 is 0.938 bits per heavy atom. The van der Waals surface area contributed by atoms with Gasteiger partial charge in [-0.2, -0.15) is 0 Å². The van der Waals surface area contributed by atoms with Crippen LogP contribution in [-0.4, -0.2) is 50.5 Å². The Morgan fingerprint density at radius 2 is 1.62 bits per heavy atom. The predicted molar refractivity (Wildman–Crippen MR) is 124 cm³/mol. The number of rotatable bonds is 9. The molecule has 1 aliphatic heterocycles. The van der Waals surface area contributed by atoms with E-state index in [-0.39, 0.29) is 29.6 Å². The number of amides is 2. The van der Waals surface area contributed by atoms with Crippen LogP contribution in [0.1, 0.15) is 35.4 Å². The summed E-state index contributed by atoms with van der Waals surface area (Å²) in [4.78, 5) is 27.0. The molecule has 0 aromatic heterocycles. The third kappa shape index (κ3) is 5.68. The van der Waals surface area contributed by atoms with Crippen LogP contribution in [0.5, 0.6) is 5.75 Å². The second-order valence-corrected chi connectivity index (χ2v) is 9.06. The summed E-state index contributed by atoms with van der Waals surface area (Å²) in [6.45, 7) is 2.82. The van der Waals surface area contributed by atoms with E-state index in [1.165, 1.54) is 11.1 Å². The average Bonchev–Trinajstić information content (AvgIpc) is 3.59. The van der Waals surface area contributed by atoms with Crippen molar-refractivity contribution in [3.63, 3.8) is 0 Å². The van der Waals surface area contributed by atoms with Gasteiger partial charge in [-0.05, 0) is 55.1 Å². The highest BCUT2D eigenvalue weighted by molar-refractivity contribution is 5.81. The number of nitrogens with zero attached hydrogens (tertiary/aromatic N) is 1. The third-order valence-corrected chi connectivity index (χ3v) is 6.53. The van der Waals surface area contributed by atoms with E-state index in [0.29, 0.717) is 13.1 Å². The van der Waals surface area contributed by atoms with Crippen LogP contribution in [0.25, 0.3) is 0 Å². The number of ether oxygens (including phenoxy) is 1. The lowest BCUT2D eigenvalue weighted by molar-refractivity contribution is -0.125. The molecule has 0 radical (unpaired) electrons. The quantitative estimate of drug-likeness (QED) is 0.635. The molecular weight excluding hydrogens is 402 g/mol. The molecule has 2 N–H and O–H groups in total. The van der Waals surface area contributed by atoms with Crippen molar-refractivity contribution in [1.29, 1.82) is 0 Å². The summed E-state index contributed by atoms with van der Waals surface area (Å²) < 4.78 is 5.19. The van der Waals surface area contributed by atoms with Gasteiger partial charge in [-0.15, -0.1) is 0 Å². The molecule has 2 aromatic carbocycles. The summed E-state index contributed by atoms with van der Waals surface area (Å²) in [7, 11) is 3.73. The summed E-state index contributed by atoms with van der Waals surface area (Å²) in [6, 6.07) is 16.3. The fourth-order valence-corrected chi connectivity index (χ4v) is 4.42. The zero-order valence-corrected chi connectivity index (χ0v) is 19.0. The fraction of sp³-hybridized carbons (Fsp3) is 0.462. The first-order chi connectivity index (χ1) is 15.5. The lowest BCUT2D eigenvalue weighted by Crippen LogP contribution is -2.35. The first kappa shape index (κ1) is 22.3. The largest absolute Gasteiger partial charge is 0.497 e. The molecule has 1 saturated heterocycles. The van der Waals surface area contributed by atoms with Crippen molar-refractivity contribution >= 4 is 11.8 Å². The van der Waals surface area contributed by atoms with Gasteiger partial charge in [0.1, 0.15) is 5.75 Å². The third-order valence-electron chi connectivity index (χ3n) is 6.53. The summed E-state index contributed by atoms with van der Waals surface area (Å²) in [5.74, 6) is 1.47. The Labute approximate surface area is 190 Å². The van der Waals surface area contributed by atoms with Gasteiger partial charge in [-0.25, -0.2) is 0 Å². The van der Waals surface area contributed by atoms with Gasteiger partial charge >= 0.3 is 0 Å². The van der Waals surface area contributed by atoms with Crippen LogP contribution < -0.4 is 15.4 Å². The van der Waals surface area contributed by atoms with Crippen LogP contribution in [-0.2, 0) is 22.6 Å². The molecule has 6 nitrogen and oxygen atoms in total. The number of methoxy groups -OCH3 is 1. The van der Waals surface area contributed by atoms with Gasteiger partial charge in [-0.1, -0.05) is 36.4 Å². The first-order valence-corrected chi connectivity index (χ1v) is 11.5. The Balaban J connectivity index is 1.30. The summed E-state index contributed by atoms with van der Waals surface area (Å²) in [5.41, 5.74) is 3.45. The number of nitrogens with one attached hydrogen (secondary N) is 2. The summed E-state index contributed by atoms with van der Waals surface area (Å²) in [6.07, 6.45) is 2.83. The Kier molecular flexibility index (Phi) is 7.10. The second kappa shape index (κ2) is 10.2. The van der Waals surface area contributed by atoms with Gasteiger partial charge < -0.3 is 20.3 Å². The molecule has 1 heterocycles. The number of carbonyl (C=O) groups is 2. The van der Waals surface area contributed by atoms with Crippen molar-refractivity contribution in [1.82, 2.24) is 15.5 Å². The van der Waals surface area contributed by atoms with Gasteiger partial charge in [0, 0.05) is 38.0 Å². The van der Waals surface area contributed by atoms with E-state index in [0.717, 1.165) is 43.7 Å². The number of likely N-dealkylation sites (N-methyl/N-ethyl adjacent to an activating group) is 1. The number of hydrogen-bond donors (Lipinski definition) is 2. The van der Waals surface area contributed by atoms with Crippen molar-refractivity contribution in [2.75, 3.05) is 33.8 Å². The van der Waals surface area contributed by atoms with Crippen molar-refractivity contribution in [3.05, 3.63) is 65.2 Å². The zero-order valence-electron chi connectivity index (χ0n) is 19.0. The van der Waals surface area contributed by atoms with E-state index in [4.69, 9.17) is 4.74 Å². The molecule has 0 bridgehead atoms. The highest BCUT2D eigenvalue weighted by Gasteiger charge is 2.36. The van der Waals surface area contributed by atoms with E-state index in [9.17, 15) is 9.59 Å². The Morgan fingerprint density at radius 3 is 2.28 bits per heavy atom. The molecule has 6 heteroatoms. The molecule has 2 amide bonds. The van der Waals surface area contributed by atoms with Gasteiger partial charge in [0.15, 0.2) is 0 Å². The van der Waals surface area contributed by atoms with Gasteiger partial charge in [0.2, 0.25) is 11.8 Å². The average molecular weight is 436 g/mol. The number of hydrogen-bond acceptors (Lipinski definition) is 4. The Bertz CT molecular complexity index is 922. The van der Waals surface area contributed by atoms with Crippen LogP contribution in [0.15, 0.2) is 48.5 Å². The molecule has 2 aliphatic rings. The highest BCUT2D eigenvalue weighted by Crippen LogP contribution is 2.32. The minimum absolute atomic E-state index is 0.0590. The standard InChI is InChI=1S/C26H33N3O3/c1-29-16-23(20-7-3-19(4-8-20)15-28-25(30)21-9-10-21)24(17-29)26(31)27-14-13-18-5-11-22(32-2)12-6-18/h3-8,11-12,21,23-24H,9-10,13-17H2,1-2H3,(H,27,31)(H,28,30)/t23-,24-/m1/s1. The van der Waals surface area contributed by atoms with Crippen molar-refractivity contribution in [3.8, 4) is 5.75 Å².